The number of hydrogen-bond donors (Lipinski definition) is 0. The van der Waals surface area contributed by atoms with Gasteiger partial charge in [-0.3, -0.25) is 9.69 Å². The maximum absolute atomic E-state index is 13.4. The van der Waals surface area contributed by atoms with Gasteiger partial charge in [0.05, 0.1) is 36.6 Å². The first kappa shape index (κ1) is 17.9. The molecule has 2 aliphatic heterocycles. The van der Waals surface area contributed by atoms with Gasteiger partial charge in [-0.2, -0.15) is 4.98 Å². The topological polar surface area (TPSA) is 75.1 Å². The van der Waals surface area contributed by atoms with Crippen molar-refractivity contribution in [2.75, 3.05) is 22.9 Å². The van der Waals surface area contributed by atoms with Crippen molar-refractivity contribution in [2.45, 2.75) is 37.0 Å². The van der Waals surface area contributed by atoms with Crippen molar-refractivity contribution in [1.29, 1.82) is 0 Å². The van der Waals surface area contributed by atoms with Crippen LogP contribution in [0.3, 0.4) is 0 Å². The van der Waals surface area contributed by atoms with E-state index in [2.05, 4.69) is 19.9 Å². The van der Waals surface area contributed by atoms with Gasteiger partial charge in [-0.1, -0.05) is 24.4 Å². The molecule has 0 bridgehead atoms. The molecular formula is C17H14Cl2F2N6O. The van der Waals surface area contributed by atoms with Crippen LogP contribution in [0.4, 0.5) is 26.2 Å². The Kier molecular flexibility index (Phi) is 3.80. The molecule has 1 saturated carbocycles. The fourth-order valence-electron chi connectivity index (χ4n) is 4.32. The number of fused-ring (bicyclic) bond motifs is 2. The molecule has 2 fully saturated rings. The van der Waals surface area contributed by atoms with Crippen molar-refractivity contribution in [3.05, 3.63) is 28.4 Å². The molecule has 1 saturated heterocycles. The van der Waals surface area contributed by atoms with Crippen molar-refractivity contribution in [2.24, 2.45) is 0 Å². The molecule has 0 aromatic carbocycles. The molecule has 4 heterocycles. The first-order valence-electron chi connectivity index (χ1n) is 8.84. The fraction of sp³-hybridized carbons (Fsp3) is 0.471. The molecule has 1 amide bonds. The minimum Gasteiger partial charge on any atom is -0.329 e. The zero-order valence-electron chi connectivity index (χ0n) is 14.5. The Bertz CT molecular complexity index is 972. The predicted octanol–water partition coefficient (Wildman–Crippen LogP) is 3.52. The molecule has 3 aliphatic rings. The van der Waals surface area contributed by atoms with Crippen LogP contribution in [0.1, 0.15) is 31.2 Å². The lowest BCUT2D eigenvalue weighted by molar-refractivity contribution is -0.122. The largest absolute Gasteiger partial charge is 0.329 e. The van der Waals surface area contributed by atoms with Crippen LogP contribution in [-0.4, -0.2) is 44.9 Å². The zero-order valence-corrected chi connectivity index (χ0v) is 16.0. The smallest absolute Gasteiger partial charge is 0.282 e. The van der Waals surface area contributed by atoms with Crippen molar-refractivity contribution in [1.82, 2.24) is 19.9 Å². The molecule has 1 spiro atoms. The number of aromatic nitrogens is 4. The molecule has 146 valence electrons. The number of hydrogen-bond acceptors (Lipinski definition) is 6. The summed E-state index contributed by atoms with van der Waals surface area (Å²) in [5, 5.41) is 0.116. The second-order valence-electron chi connectivity index (χ2n) is 7.37. The van der Waals surface area contributed by atoms with Crippen LogP contribution in [0.25, 0.3) is 0 Å². The molecule has 28 heavy (non-hydrogen) atoms. The summed E-state index contributed by atoms with van der Waals surface area (Å²) in [6, 6.07) is 0. The molecule has 0 N–H and O–H groups in total. The van der Waals surface area contributed by atoms with Gasteiger partial charge in [-0.05, 0) is 24.4 Å². The summed E-state index contributed by atoms with van der Waals surface area (Å²) in [6.07, 6.45) is 5.97. The molecule has 0 radical (unpaired) electrons. The van der Waals surface area contributed by atoms with Crippen LogP contribution in [-0.2, 0) is 10.2 Å². The number of anilines is 3. The van der Waals surface area contributed by atoms with Crippen LogP contribution >= 0.6 is 23.2 Å². The molecule has 7 nitrogen and oxygen atoms in total. The van der Waals surface area contributed by atoms with E-state index < -0.39 is 24.4 Å². The molecule has 2 aromatic rings. The number of carbonyl (C=O) groups is 1. The van der Waals surface area contributed by atoms with Crippen LogP contribution < -0.4 is 9.80 Å². The summed E-state index contributed by atoms with van der Waals surface area (Å²) in [5.74, 6) is -2.35. The maximum Gasteiger partial charge on any atom is 0.282 e. The van der Waals surface area contributed by atoms with Crippen molar-refractivity contribution in [3.63, 3.8) is 0 Å². The van der Waals surface area contributed by atoms with Gasteiger partial charge < -0.3 is 4.90 Å². The number of alkyl halides is 2. The van der Waals surface area contributed by atoms with E-state index in [1.807, 2.05) is 0 Å². The maximum atomic E-state index is 13.4. The Morgan fingerprint density at radius 3 is 2.29 bits per heavy atom. The monoisotopic (exact) mass is 426 g/mol. The van der Waals surface area contributed by atoms with Crippen LogP contribution in [0, 0.1) is 0 Å². The lowest BCUT2D eigenvalue weighted by atomic mass is 9.81. The average Bonchev–Trinajstić information content (AvgIpc) is 3.18. The van der Waals surface area contributed by atoms with Gasteiger partial charge in [0, 0.05) is 5.56 Å². The Morgan fingerprint density at radius 1 is 1.04 bits per heavy atom. The average molecular weight is 427 g/mol. The molecular weight excluding hydrogens is 413 g/mol. The molecule has 5 rings (SSSR count). The quantitative estimate of drug-likeness (QED) is 0.540. The Hall–Kier alpha value is -2.13. The SMILES string of the molecule is O=C1N(c2cnc(N3CC(F)(F)C3)nc2)c2nc(Cl)nc(Cl)c2C12CCCC2. The third-order valence-corrected chi connectivity index (χ3v) is 6.03. The third-order valence-electron chi connectivity index (χ3n) is 5.59. The Labute approximate surface area is 168 Å². The van der Waals surface area contributed by atoms with Gasteiger partial charge in [0.1, 0.15) is 5.15 Å². The van der Waals surface area contributed by atoms with E-state index in [4.69, 9.17) is 23.2 Å². The first-order chi connectivity index (χ1) is 13.3. The summed E-state index contributed by atoms with van der Waals surface area (Å²) in [4.78, 5) is 32.8. The minimum absolute atomic E-state index is 0.0584. The third kappa shape index (κ3) is 2.49. The van der Waals surface area contributed by atoms with Gasteiger partial charge in [0.25, 0.3) is 5.92 Å². The lowest BCUT2D eigenvalue weighted by Gasteiger charge is -2.38. The fourth-order valence-corrected chi connectivity index (χ4v) is 4.87. The van der Waals surface area contributed by atoms with Crippen LogP contribution in [0.2, 0.25) is 10.4 Å². The van der Waals surface area contributed by atoms with E-state index in [9.17, 15) is 13.6 Å². The highest BCUT2D eigenvalue weighted by atomic mass is 35.5. The molecule has 0 unspecified atom stereocenters. The van der Waals surface area contributed by atoms with Gasteiger partial charge in [-0.15, -0.1) is 0 Å². The zero-order chi connectivity index (χ0) is 19.7. The summed E-state index contributed by atoms with van der Waals surface area (Å²) < 4.78 is 26.1. The molecule has 11 heteroatoms. The van der Waals surface area contributed by atoms with Gasteiger partial charge in [0.15, 0.2) is 5.82 Å². The predicted molar refractivity (Wildman–Crippen MR) is 98.5 cm³/mol. The summed E-state index contributed by atoms with van der Waals surface area (Å²) >= 11 is 12.3. The lowest BCUT2D eigenvalue weighted by Crippen LogP contribution is -2.57. The highest BCUT2D eigenvalue weighted by Gasteiger charge is 2.55. The van der Waals surface area contributed by atoms with E-state index in [0.717, 1.165) is 12.8 Å². The van der Waals surface area contributed by atoms with Crippen molar-refractivity contribution < 1.29 is 13.6 Å². The van der Waals surface area contributed by atoms with E-state index >= 15 is 0 Å². The van der Waals surface area contributed by atoms with Crippen molar-refractivity contribution >= 4 is 46.6 Å². The minimum atomic E-state index is -2.72. The molecule has 2 aromatic heterocycles. The Morgan fingerprint density at radius 2 is 1.68 bits per heavy atom. The molecule has 0 atom stereocenters. The van der Waals surface area contributed by atoms with E-state index in [1.165, 1.54) is 22.2 Å². The summed E-state index contributed by atoms with van der Waals surface area (Å²) in [5.41, 5.74) is 0.208. The second-order valence-corrected chi connectivity index (χ2v) is 8.06. The van der Waals surface area contributed by atoms with Gasteiger partial charge in [0.2, 0.25) is 17.1 Å². The first-order valence-corrected chi connectivity index (χ1v) is 9.59. The van der Waals surface area contributed by atoms with Crippen molar-refractivity contribution in [3.8, 4) is 0 Å². The number of rotatable bonds is 2. The number of halogens is 4. The van der Waals surface area contributed by atoms with Crippen LogP contribution in [0.5, 0.6) is 0 Å². The van der Waals surface area contributed by atoms with E-state index in [-0.39, 0.29) is 22.3 Å². The number of carbonyl (C=O) groups excluding carboxylic acids is 1. The standard InChI is InChI=1S/C17H14Cl2F2N6O/c18-11-10-12(25-14(19)24-11)27(13(28)16(10)3-1-2-4-16)9-5-22-15(23-6-9)26-7-17(20,21)8-26/h5-6H,1-4,7-8H2. The Balaban J connectivity index is 1.55. The van der Waals surface area contributed by atoms with Gasteiger partial charge in [-0.25, -0.2) is 23.7 Å². The number of nitrogens with zero attached hydrogens (tertiary/aromatic N) is 6. The summed E-state index contributed by atoms with van der Waals surface area (Å²) in [7, 11) is 0. The second kappa shape index (κ2) is 5.93. The van der Waals surface area contributed by atoms with E-state index in [1.54, 1.807) is 0 Å². The normalized spacial score (nSPS) is 21.9. The highest BCUT2D eigenvalue weighted by molar-refractivity contribution is 6.34. The van der Waals surface area contributed by atoms with Gasteiger partial charge >= 0.3 is 0 Å². The summed E-state index contributed by atoms with van der Waals surface area (Å²) in [6.45, 7) is -0.835. The molecule has 1 aliphatic carbocycles. The van der Waals surface area contributed by atoms with E-state index in [0.29, 0.717) is 29.9 Å². The van der Waals surface area contributed by atoms with Crippen LogP contribution in [0.15, 0.2) is 12.4 Å². The highest BCUT2D eigenvalue weighted by Crippen LogP contribution is 2.54. The number of amides is 1.